The lowest BCUT2D eigenvalue weighted by molar-refractivity contribution is 0.768. The molecule has 1 nitrogen and oxygen atoms in total. The van der Waals surface area contributed by atoms with Crippen LogP contribution in [0.15, 0.2) is 158 Å². The molecular formula is C38H27N. The van der Waals surface area contributed by atoms with E-state index in [1.54, 1.807) is 0 Å². The molecule has 0 atom stereocenters. The topological polar surface area (TPSA) is 23.9 Å². The average molecular weight is 498 g/mol. The minimum absolute atomic E-state index is 0.410. The molecular weight excluding hydrogens is 470 g/mol. The van der Waals surface area contributed by atoms with Gasteiger partial charge in [-0.3, -0.25) is 5.41 Å². The van der Waals surface area contributed by atoms with Crippen molar-refractivity contribution in [2.45, 2.75) is 5.41 Å². The molecule has 1 aliphatic rings. The van der Waals surface area contributed by atoms with Crippen molar-refractivity contribution in [1.29, 1.82) is 5.41 Å². The maximum absolute atomic E-state index is 9.12. The molecule has 1 N–H and O–H groups in total. The van der Waals surface area contributed by atoms with Gasteiger partial charge in [0.1, 0.15) is 0 Å². The Hall–Kier alpha value is -5.01. The van der Waals surface area contributed by atoms with Gasteiger partial charge in [-0.1, -0.05) is 152 Å². The van der Waals surface area contributed by atoms with Crippen LogP contribution in [0.5, 0.6) is 0 Å². The number of fused-ring (bicyclic) bond motifs is 3. The number of hydrogen-bond acceptors (Lipinski definition) is 1. The van der Waals surface area contributed by atoms with E-state index >= 15 is 0 Å². The molecule has 0 aliphatic heterocycles. The van der Waals surface area contributed by atoms with Crippen LogP contribution in [0.1, 0.15) is 33.4 Å². The van der Waals surface area contributed by atoms with Crippen LogP contribution in [-0.2, 0) is 5.41 Å². The van der Waals surface area contributed by atoms with Gasteiger partial charge in [0.25, 0.3) is 0 Å². The van der Waals surface area contributed by atoms with Crippen molar-refractivity contribution in [3.8, 4) is 22.3 Å². The van der Waals surface area contributed by atoms with Crippen LogP contribution >= 0.6 is 0 Å². The fraction of sp³-hybridized carbons (Fsp3) is 0.0263. The van der Waals surface area contributed by atoms with Gasteiger partial charge in [0.05, 0.1) is 11.1 Å². The minimum atomic E-state index is -0.410. The quantitative estimate of drug-likeness (QED) is 0.229. The molecule has 1 aliphatic carbocycles. The lowest BCUT2D eigenvalue weighted by atomic mass is 9.67. The van der Waals surface area contributed by atoms with E-state index < -0.39 is 5.41 Å². The molecule has 0 unspecified atom stereocenters. The van der Waals surface area contributed by atoms with Crippen LogP contribution in [0.3, 0.4) is 0 Å². The SMILES string of the molecule is N=C(c1ccc(-c2ccccc2)cc1)c1ccc2c(c1)-c1ccccc1C2(c1ccccc1)c1ccccc1. The molecule has 0 amide bonds. The normalized spacial score (nSPS) is 12.9. The Morgan fingerprint density at radius 1 is 0.410 bits per heavy atom. The third-order valence-electron chi connectivity index (χ3n) is 8.03. The van der Waals surface area contributed by atoms with E-state index in [2.05, 4.69) is 152 Å². The van der Waals surface area contributed by atoms with Gasteiger partial charge in [-0.05, 0) is 50.6 Å². The molecule has 0 saturated heterocycles. The number of hydrogen-bond donors (Lipinski definition) is 1. The predicted molar refractivity (Wildman–Crippen MR) is 162 cm³/mol. The van der Waals surface area contributed by atoms with Gasteiger partial charge in [-0.15, -0.1) is 0 Å². The van der Waals surface area contributed by atoms with E-state index in [1.165, 1.54) is 38.9 Å². The van der Waals surface area contributed by atoms with Crippen LogP contribution in [0, 0.1) is 5.41 Å². The lowest BCUT2D eigenvalue weighted by Gasteiger charge is -2.33. The first kappa shape index (κ1) is 23.1. The molecule has 0 fully saturated rings. The van der Waals surface area contributed by atoms with Crippen LogP contribution in [0.25, 0.3) is 22.3 Å². The molecule has 6 aromatic carbocycles. The summed E-state index contributed by atoms with van der Waals surface area (Å²) in [7, 11) is 0. The number of nitrogens with one attached hydrogen (secondary N) is 1. The average Bonchev–Trinajstić information content (AvgIpc) is 3.33. The van der Waals surface area contributed by atoms with E-state index in [1.807, 2.05) is 6.07 Å². The second kappa shape index (κ2) is 9.38. The third kappa shape index (κ3) is 3.66. The van der Waals surface area contributed by atoms with Gasteiger partial charge in [0.2, 0.25) is 0 Å². The van der Waals surface area contributed by atoms with Crippen molar-refractivity contribution in [3.63, 3.8) is 0 Å². The summed E-state index contributed by atoms with van der Waals surface area (Å²) in [4.78, 5) is 0. The summed E-state index contributed by atoms with van der Waals surface area (Å²) in [6.07, 6.45) is 0. The monoisotopic (exact) mass is 497 g/mol. The van der Waals surface area contributed by atoms with Gasteiger partial charge in [0, 0.05) is 11.1 Å². The van der Waals surface area contributed by atoms with Crippen LogP contribution < -0.4 is 0 Å². The summed E-state index contributed by atoms with van der Waals surface area (Å²) in [5, 5.41) is 9.12. The van der Waals surface area contributed by atoms with Crippen molar-refractivity contribution >= 4 is 5.71 Å². The molecule has 0 saturated carbocycles. The zero-order chi connectivity index (χ0) is 26.2. The highest BCUT2D eigenvalue weighted by atomic mass is 14.5. The van der Waals surface area contributed by atoms with Gasteiger partial charge < -0.3 is 0 Å². The van der Waals surface area contributed by atoms with Gasteiger partial charge in [-0.25, -0.2) is 0 Å². The van der Waals surface area contributed by atoms with Crippen molar-refractivity contribution in [1.82, 2.24) is 0 Å². The summed E-state index contributed by atoms with van der Waals surface area (Å²) in [6, 6.07) is 55.7. The molecule has 0 bridgehead atoms. The van der Waals surface area contributed by atoms with Crippen LogP contribution in [0.4, 0.5) is 0 Å². The molecule has 0 heterocycles. The predicted octanol–water partition coefficient (Wildman–Crippen LogP) is 9.13. The molecule has 7 rings (SSSR count). The Morgan fingerprint density at radius 3 is 1.54 bits per heavy atom. The molecule has 0 spiro atoms. The standard InChI is InChI=1S/C38H27N/c39-37(29-22-20-28(21-23-29)27-12-4-1-5-13-27)30-24-25-36-34(26-30)33-18-10-11-19-35(33)38(36,31-14-6-2-7-15-31)32-16-8-3-9-17-32/h1-26,39H. The Kier molecular flexibility index (Phi) is 5.56. The number of benzene rings is 6. The van der Waals surface area contributed by atoms with Crippen molar-refractivity contribution in [2.75, 3.05) is 0 Å². The van der Waals surface area contributed by atoms with E-state index in [0.717, 1.165) is 16.7 Å². The summed E-state index contributed by atoms with van der Waals surface area (Å²) < 4.78 is 0. The molecule has 39 heavy (non-hydrogen) atoms. The summed E-state index contributed by atoms with van der Waals surface area (Å²) in [5.74, 6) is 0. The highest BCUT2D eigenvalue weighted by Gasteiger charge is 2.45. The van der Waals surface area contributed by atoms with Gasteiger partial charge in [-0.2, -0.15) is 0 Å². The first-order chi connectivity index (χ1) is 19.3. The maximum atomic E-state index is 9.12. The second-order valence-corrected chi connectivity index (χ2v) is 10.1. The smallest absolute Gasteiger partial charge is 0.0713 e. The van der Waals surface area contributed by atoms with Gasteiger partial charge >= 0.3 is 0 Å². The first-order valence-electron chi connectivity index (χ1n) is 13.4. The van der Waals surface area contributed by atoms with Gasteiger partial charge in [0.15, 0.2) is 0 Å². The van der Waals surface area contributed by atoms with Crippen LogP contribution in [-0.4, -0.2) is 5.71 Å². The Morgan fingerprint density at radius 2 is 0.897 bits per heavy atom. The lowest BCUT2D eigenvalue weighted by Crippen LogP contribution is -2.28. The highest BCUT2D eigenvalue weighted by Crippen LogP contribution is 2.56. The molecule has 0 radical (unpaired) electrons. The van der Waals surface area contributed by atoms with E-state index in [-0.39, 0.29) is 0 Å². The second-order valence-electron chi connectivity index (χ2n) is 10.1. The van der Waals surface area contributed by atoms with E-state index in [0.29, 0.717) is 5.71 Å². The summed E-state index contributed by atoms with van der Waals surface area (Å²) in [6.45, 7) is 0. The third-order valence-corrected chi connectivity index (χ3v) is 8.03. The number of rotatable bonds is 5. The summed E-state index contributed by atoms with van der Waals surface area (Å²) in [5.41, 5.74) is 11.8. The van der Waals surface area contributed by atoms with Crippen molar-refractivity contribution < 1.29 is 0 Å². The van der Waals surface area contributed by atoms with Crippen LogP contribution in [0.2, 0.25) is 0 Å². The maximum Gasteiger partial charge on any atom is 0.0713 e. The van der Waals surface area contributed by atoms with E-state index in [4.69, 9.17) is 5.41 Å². The van der Waals surface area contributed by atoms with E-state index in [9.17, 15) is 0 Å². The Labute approximate surface area is 229 Å². The molecule has 6 aromatic rings. The zero-order valence-electron chi connectivity index (χ0n) is 21.5. The zero-order valence-corrected chi connectivity index (χ0v) is 21.5. The molecule has 1 heteroatoms. The Balaban J connectivity index is 1.37. The molecule has 0 aromatic heterocycles. The fourth-order valence-electron chi connectivity index (χ4n) is 6.23. The fourth-order valence-corrected chi connectivity index (χ4v) is 6.23. The first-order valence-corrected chi connectivity index (χ1v) is 13.4. The Bertz CT molecular complexity index is 1740. The largest absolute Gasteiger partial charge is 0.300 e. The molecule has 184 valence electrons. The van der Waals surface area contributed by atoms with Crippen molar-refractivity contribution in [3.05, 3.63) is 191 Å². The minimum Gasteiger partial charge on any atom is -0.300 e. The van der Waals surface area contributed by atoms with Crippen molar-refractivity contribution in [2.24, 2.45) is 0 Å². The summed E-state index contributed by atoms with van der Waals surface area (Å²) >= 11 is 0. The highest BCUT2D eigenvalue weighted by molar-refractivity contribution is 6.12.